The van der Waals surface area contributed by atoms with Gasteiger partial charge in [-0.2, -0.15) is 0 Å². The zero-order valence-corrected chi connectivity index (χ0v) is 11.6. The minimum atomic E-state index is -0.373. The van der Waals surface area contributed by atoms with Crippen LogP contribution >= 0.6 is 0 Å². The lowest BCUT2D eigenvalue weighted by Gasteiger charge is -2.08. The standard InChI is InChI=1S/C14H19NO4/c1-10-8-12(6-4-5-7-19-11(2)16)13(9-15-10)14(17)18-3/h8-9H,4-7H2,1-3H3. The molecule has 0 N–H and O–H groups in total. The maximum Gasteiger partial charge on any atom is 0.339 e. The van der Waals surface area contributed by atoms with Gasteiger partial charge in [-0.3, -0.25) is 9.78 Å². The van der Waals surface area contributed by atoms with Crippen molar-refractivity contribution in [2.75, 3.05) is 13.7 Å². The fraction of sp³-hybridized carbons (Fsp3) is 0.500. The normalized spacial score (nSPS) is 10.1. The lowest BCUT2D eigenvalue weighted by molar-refractivity contribution is -0.141. The molecule has 5 heteroatoms. The van der Waals surface area contributed by atoms with Crippen molar-refractivity contribution in [2.24, 2.45) is 0 Å². The second-order valence-corrected chi connectivity index (χ2v) is 4.27. The monoisotopic (exact) mass is 265 g/mol. The number of unbranched alkanes of at least 4 members (excludes halogenated alkanes) is 1. The molecular weight excluding hydrogens is 246 g/mol. The van der Waals surface area contributed by atoms with E-state index in [0.717, 1.165) is 30.5 Å². The number of carbonyl (C=O) groups is 2. The molecule has 0 aliphatic carbocycles. The van der Waals surface area contributed by atoms with Crippen LogP contribution in [-0.2, 0) is 20.7 Å². The highest BCUT2D eigenvalue weighted by Crippen LogP contribution is 2.14. The summed E-state index contributed by atoms with van der Waals surface area (Å²) in [5.41, 5.74) is 2.28. The first-order chi connectivity index (χ1) is 9.04. The van der Waals surface area contributed by atoms with Gasteiger partial charge in [0.1, 0.15) is 0 Å². The highest BCUT2D eigenvalue weighted by Gasteiger charge is 2.12. The molecule has 104 valence electrons. The van der Waals surface area contributed by atoms with Crippen LogP contribution in [0.1, 0.15) is 41.4 Å². The Morgan fingerprint density at radius 1 is 1.32 bits per heavy atom. The summed E-state index contributed by atoms with van der Waals surface area (Å²) in [5.74, 6) is -0.641. The average molecular weight is 265 g/mol. The molecule has 0 unspecified atom stereocenters. The van der Waals surface area contributed by atoms with E-state index in [-0.39, 0.29) is 11.9 Å². The van der Waals surface area contributed by atoms with E-state index in [1.807, 2.05) is 13.0 Å². The average Bonchev–Trinajstić information content (AvgIpc) is 2.37. The van der Waals surface area contributed by atoms with E-state index in [0.29, 0.717) is 12.2 Å². The topological polar surface area (TPSA) is 65.5 Å². The summed E-state index contributed by atoms with van der Waals surface area (Å²) in [4.78, 5) is 26.3. The van der Waals surface area contributed by atoms with Crippen molar-refractivity contribution >= 4 is 11.9 Å². The Bertz CT molecular complexity index is 457. The van der Waals surface area contributed by atoms with E-state index < -0.39 is 0 Å². The van der Waals surface area contributed by atoms with Crippen LogP contribution < -0.4 is 0 Å². The molecule has 1 rings (SSSR count). The largest absolute Gasteiger partial charge is 0.466 e. The number of ether oxygens (including phenoxy) is 2. The summed E-state index contributed by atoms with van der Waals surface area (Å²) in [7, 11) is 1.35. The molecule has 0 aliphatic rings. The van der Waals surface area contributed by atoms with Crippen LogP contribution in [0, 0.1) is 6.92 Å². The third-order valence-corrected chi connectivity index (χ3v) is 2.68. The molecule has 0 saturated heterocycles. The van der Waals surface area contributed by atoms with Gasteiger partial charge in [0.05, 0.1) is 19.3 Å². The van der Waals surface area contributed by atoms with Gasteiger partial charge in [0.25, 0.3) is 0 Å². The van der Waals surface area contributed by atoms with E-state index in [9.17, 15) is 9.59 Å². The fourth-order valence-electron chi connectivity index (χ4n) is 1.75. The number of carbonyl (C=O) groups excluding carboxylic acids is 2. The summed E-state index contributed by atoms with van der Waals surface area (Å²) in [6.07, 6.45) is 3.87. The van der Waals surface area contributed by atoms with Gasteiger partial charge in [0.15, 0.2) is 0 Å². The molecule has 1 heterocycles. The van der Waals surface area contributed by atoms with E-state index in [2.05, 4.69) is 4.98 Å². The van der Waals surface area contributed by atoms with Crippen LogP contribution in [0.5, 0.6) is 0 Å². The Morgan fingerprint density at radius 2 is 2.05 bits per heavy atom. The molecule has 0 atom stereocenters. The van der Waals surface area contributed by atoms with Crippen LogP contribution in [-0.4, -0.2) is 30.6 Å². The number of hydrogen-bond donors (Lipinski definition) is 0. The highest BCUT2D eigenvalue weighted by molar-refractivity contribution is 5.90. The lowest BCUT2D eigenvalue weighted by atomic mass is 10.0. The number of aryl methyl sites for hydroxylation is 2. The zero-order valence-electron chi connectivity index (χ0n) is 11.6. The molecule has 0 radical (unpaired) electrons. The quantitative estimate of drug-likeness (QED) is 0.582. The molecule has 0 saturated carbocycles. The predicted molar refractivity (Wildman–Crippen MR) is 69.9 cm³/mol. The lowest BCUT2D eigenvalue weighted by Crippen LogP contribution is -2.08. The molecule has 0 aromatic carbocycles. The van der Waals surface area contributed by atoms with E-state index >= 15 is 0 Å². The van der Waals surface area contributed by atoms with Crippen LogP contribution in [0.3, 0.4) is 0 Å². The number of hydrogen-bond acceptors (Lipinski definition) is 5. The number of pyridine rings is 1. The Hall–Kier alpha value is -1.91. The van der Waals surface area contributed by atoms with Gasteiger partial charge in [0, 0.05) is 18.8 Å². The van der Waals surface area contributed by atoms with Crippen molar-refractivity contribution in [1.29, 1.82) is 0 Å². The minimum Gasteiger partial charge on any atom is -0.466 e. The van der Waals surface area contributed by atoms with Crippen molar-refractivity contribution < 1.29 is 19.1 Å². The van der Waals surface area contributed by atoms with Crippen molar-refractivity contribution in [1.82, 2.24) is 4.98 Å². The van der Waals surface area contributed by atoms with Crippen LogP contribution in [0.2, 0.25) is 0 Å². The molecule has 0 amide bonds. The molecular formula is C14H19NO4. The third kappa shape index (κ3) is 5.07. The van der Waals surface area contributed by atoms with Crippen molar-refractivity contribution in [3.63, 3.8) is 0 Å². The first-order valence-corrected chi connectivity index (χ1v) is 6.21. The Morgan fingerprint density at radius 3 is 2.68 bits per heavy atom. The molecule has 1 aromatic rings. The molecule has 19 heavy (non-hydrogen) atoms. The molecule has 0 spiro atoms. The maximum atomic E-state index is 11.6. The summed E-state index contributed by atoms with van der Waals surface area (Å²) >= 11 is 0. The number of rotatable bonds is 6. The second kappa shape index (κ2) is 7.51. The van der Waals surface area contributed by atoms with Crippen molar-refractivity contribution in [3.05, 3.63) is 29.1 Å². The number of methoxy groups -OCH3 is 1. The fourth-order valence-corrected chi connectivity index (χ4v) is 1.75. The maximum absolute atomic E-state index is 11.6. The van der Waals surface area contributed by atoms with Gasteiger partial charge in [-0.1, -0.05) is 0 Å². The predicted octanol–water partition coefficient (Wildman–Crippen LogP) is 2.06. The summed E-state index contributed by atoms with van der Waals surface area (Å²) in [6, 6.07) is 1.89. The summed E-state index contributed by atoms with van der Waals surface area (Å²) in [5, 5.41) is 0. The van der Waals surface area contributed by atoms with Gasteiger partial charge in [-0.15, -0.1) is 0 Å². The van der Waals surface area contributed by atoms with E-state index in [4.69, 9.17) is 9.47 Å². The van der Waals surface area contributed by atoms with Crippen molar-refractivity contribution in [3.8, 4) is 0 Å². The number of esters is 2. The molecule has 5 nitrogen and oxygen atoms in total. The van der Waals surface area contributed by atoms with Gasteiger partial charge in [0.2, 0.25) is 0 Å². The Labute approximate surface area is 112 Å². The third-order valence-electron chi connectivity index (χ3n) is 2.68. The van der Waals surface area contributed by atoms with Gasteiger partial charge < -0.3 is 9.47 Å². The Balaban J connectivity index is 2.58. The summed E-state index contributed by atoms with van der Waals surface area (Å²) < 4.78 is 9.59. The van der Waals surface area contributed by atoms with Gasteiger partial charge in [-0.05, 0) is 37.8 Å². The minimum absolute atomic E-state index is 0.269. The van der Waals surface area contributed by atoms with Crippen molar-refractivity contribution in [2.45, 2.75) is 33.1 Å². The molecule has 0 fully saturated rings. The van der Waals surface area contributed by atoms with Gasteiger partial charge in [-0.25, -0.2) is 4.79 Å². The van der Waals surface area contributed by atoms with E-state index in [1.54, 1.807) is 6.20 Å². The SMILES string of the molecule is COC(=O)c1cnc(C)cc1CCCCOC(C)=O. The number of nitrogens with zero attached hydrogens (tertiary/aromatic N) is 1. The zero-order chi connectivity index (χ0) is 14.3. The molecule has 0 aliphatic heterocycles. The summed E-state index contributed by atoms with van der Waals surface area (Å²) in [6.45, 7) is 3.68. The smallest absolute Gasteiger partial charge is 0.339 e. The molecule has 1 aromatic heterocycles. The van der Waals surface area contributed by atoms with E-state index in [1.165, 1.54) is 14.0 Å². The van der Waals surface area contributed by atoms with Crippen LogP contribution in [0.25, 0.3) is 0 Å². The number of aromatic nitrogens is 1. The first-order valence-electron chi connectivity index (χ1n) is 6.21. The van der Waals surface area contributed by atoms with Gasteiger partial charge >= 0.3 is 11.9 Å². The van der Waals surface area contributed by atoms with Crippen LogP contribution in [0.4, 0.5) is 0 Å². The highest BCUT2D eigenvalue weighted by atomic mass is 16.5. The Kier molecular flexibility index (Phi) is 5.99. The first kappa shape index (κ1) is 15.1. The second-order valence-electron chi connectivity index (χ2n) is 4.27. The van der Waals surface area contributed by atoms with Crippen LogP contribution in [0.15, 0.2) is 12.3 Å². The molecule has 0 bridgehead atoms.